The highest BCUT2D eigenvalue weighted by Gasteiger charge is 2.34. The highest BCUT2D eigenvalue weighted by Crippen LogP contribution is 2.31. The fourth-order valence-corrected chi connectivity index (χ4v) is 3.93. The van der Waals surface area contributed by atoms with Gasteiger partial charge in [-0.25, -0.2) is 0 Å². The van der Waals surface area contributed by atoms with Crippen molar-refractivity contribution in [2.24, 2.45) is 0 Å². The molecule has 1 heterocycles. The van der Waals surface area contributed by atoms with E-state index in [9.17, 15) is 14.4 Å². The highest BCUT2D eigenvalue weighted by molar-refractivity contribution is 8.18. The molecule has 0 aromatic heterocycles. The van der Waals surface area contributed by atoms with Crippen LogP contribution in [0.3, 0.4) is 0 Å². The molecule has 7 heteroatoms. The summed E-state index contributed by atoms with van der Waals surface area (Å²) in [5, 5.41) is 2.41. The largest absolute Gasteiger partial charge is 0.493 e. The topological polar surface area (TPSA) is 75.7 Å². The zero-order chi connectivity index (χ0) is 21.5. The zero-order valence-corrected chi connectivity index (χ0v) is 17.8. The molecule has 0 saturated carbocycles. The van der Waals surface area contributed by atoms with Gasteiger partial charge in [-0.3, -0.25) is 19.3 Å². The molecule has 0 bridgehead atoms. The first-order chi connectivity index (χ1) is 14.5. The van der Waals surface area contributed by atoms with Crippen molar-refractivity contribution in [1.29, 1.82) is 0 Å². The van der Waals surface area contributed by atoms with E-state index in [0.717, 1.165) is 39.1 Å². The van der Waals surface area contributed by atoms with E-state index in [1.54, 1.807) is 6.08 Å². The molecule has 0 unspecified atom stereocenters. The second-order valence-corrected chi connectivity index (χ2v) is 7.91. The normalized spacial score (nSPS) is 15.0. The molecule has 0 atom stereocenters. The van der Waals surface area contributed by atoms with Gasteiger partial charge in [0.1, 0.15) is 5.75 Å². The number of nitrogens with one attached hydrogen (secondary N) is 1. The minimum atomic E-state index is -0.332. The summed E-state index contributed by atoms with van der Waals surface area (Å²) in [5.41, 5.74) is 2.91. The quantitative estimate of drug-likeness (QED) is 0.650. The summed E-state index contributed by atoms with van der Waals surface area (Å²) in [5.74, 6) is 0.280. The number of rotatable bonds is 8. The van der Waals surface area contributed by atoms with E-state index in [-0.39, 0.29) is 43.2 Å². The number of carbonyl (C=O) groups is 3. The Labute approximate surface area is 180 Å². The lowest BCUT2D eigenvalue weighted by molar-refractivity contribution is -0.124. The van der Waals surface area contributed by atoms with Gasteiger partial charge in [0, 0.05) is 13.1 Å². The number of amides is 3. The molecule has 1 aliphatic heterocycles. The van der Waals surface area contributed by atoms with Gasteiger partial charge in [-0.1, -0.05) is 48.5 Å². The molecule has 1 aliphatic rings. The van der Waals surface area contributed by atoms with E-state index in [2.05, 4.69) is 5.32 Å². The molecule has 30 heavy (non-hydrogen) atoms. The molecular formula is C23H24N2O4S. The fraction of sp³-hybridized carbons (Fsp3) is 0.261. The van der Waals surface area contributed by atoms with Crippen molar-refractivity contribution in [2.45, 2.75) is 20.3 Å². The molecule has 0 radical (unpaired) electrons. The third-order valence-electron chi connectivity index (χ3n) is 4.61. The predicted molar refractivity (Wildman–Crippen MR) is 118 cm³/mol. The lowest BCUT2D eigenvalue weighted by Gasteiger charge is -2.14. The number of nitrogens with zero attached hydrogens (tertiary/aromatic N) is 1. The maximum Gasteiger partial charge on any atom is 0.293 e. The first-order valence-corrected chi connectivity index (χ1v) is 10.5. The van der Waals surface area contributed by atoms with E-state index >= 15 is 0 Å². The maximum absolute atomic E-state index is 12.5. The number of imide groups is 1. The van der Waals surface area contributed by atoms with Gasteiger partial charge in [-0.15, -0.1) is 0 Å². The number of para-hydroxylation sites is 1. The molecule has 6 nitrogen and oxygen atoms in total. The number of ether oxygens (including phenoxy) is 1. The van der Waals surface area contributed by atoms with Crippen LogP contribution in [0.15, 0.2) is 53.4 Å². The van der Waals surface area contributed by atoms with Crippen molar-refractivity contribution in [3.05, 3.63) is 70.1 Å². The number of carbonyl (C=O) groups excluding carboxylic acids is 3. The average molecular weight is 425 g/mol. The molecule has 0 aliphatic carbocycles. The first kappa shape index (κ1) is 21.6. The summed E-state index contributed by atoms with van der Waals surface area (Å²) >= 11 is 0.915. The van der Waals surface area contributed by atoms with Crippen molar-refractivity contribution in [1.82, 2.24) is 10.2 Å². The molecule has 156 valence electrons. The summed E-state index contributed by atoms with van der Waals surface area (Å²) < 4.78 is 5.73. The number of hydrogen-bond donors (Lipinski definition) is 1. The predicted octanol–water partition coefficient (Wildman–Crippen LogP) is 3.93. The number of benzene rings is 2. The molecule has 2 aromatic carbocycles. The summed E-state index contributed by atoms with van der Waals surface area (Å²) in [6.45, 7) is 4.54. The molecule has 3 rings (SSSR count). The van der Waals surface area contributed by atoms with Gasteiger partial charge in [-0.05, 0) is 48.4 Å². The van der Waals surface area contributed by atoms with E-state index in [1.165, 1.54) is 0 Å². The number of aryl methyl sites for hydroxylation is 2. The molecular weight excluding hydrogens is 400 g/mol. The van der Waals surface area contributed by atoms with Gasteiger partial charge < -0.3 is 10.1 Å². The minimum absolute atomic E-state index is 0.139. The zero-order valence-electron chi connectivity index (χ0n) is 17.0. The van der Waals surface area contributed by atoms with Crippen LogP contribution in [0.25, 0.3) is 6.08 Å². The first-order valence-electron chi connectivity index (χ1n) is 9.72. The van der Waals surface area contributed by atoms with E-state index in [1.807, 2.05) is 62.4 Å². The van der Waals surface area contributed by atoms with Gasteiger partial charge in [0.2, 0.25) is 5.91 Å². The summed E-state index contributed by atoms with van der Waals surface area (Å²) in [7, 11) is 0. The monoisotopic (exact) mass is 424 g/mol. The van der Waals surface area contributed by atoms with Crippen LogP contribution in [0.4, 0.5) is 4.79 Å². The van der Waals surface area contributed by atoms with Crippen molar-refractivity contribution in [3.63, 3.8) is 0 Å². The van der Waals surface area contributed by atoms with Crippen LogP contribution in [0.2, 0.25) is 0 Å². The Kier molecular flexibility index (Phi) is 7.30. The Morgan fingerprint density at radius 3 is 2.47 bits per heavy atom. The SMILES string of the molecule is Cc1cccc(C)c1OCCC(=O)NCCN1C(=O)S/C(=C\c2ccccc2)C1=O. The highest BCUT2D eigenvalue weighted by atomic mass is 32.2. The molecule has 0 spiro atoms. The lowest BCUT2D eigenvalue weighted by Crippen LogP contribution is -2.37. The van der Waals surface area contributed by atoms with Crippen molar-refractivity contribution < 1.29 is 19.1 Å². The van der Waals surface area contributed by atoms with Gasteiger partial charge in [0.05, 0.1) is 17.9 Å². The minimum Gasteiger partial charge on any atom is -0.493 e. The Morgan fingerprint density at radius 2 is 1.77 bits per heavy atom. The maximum atomic E-state index is 12.5. The van der Waals surface area contributed by atoms with Crippen LogP contribution in [0, 0.1) is 13.8 Å². The standard InChI is InChI=1S/C23H24N2O4S/c1-16-7-6-8-17(2)21(16)29-14-11-20(26)24-12-13-25-22(27)19(30-23(25)28)15-18-9-4-3-5-10-18/h3-10,15H,11-14H2,1-2H3,(H,24,26)/b19-15-. The summed E-state index contributed by atoms with van der Waals surface area (Å²) in [6, 6.07) is 15.3. The van der Waals surface area contributed by atoms with Crippen LogP contribution in [0.5, 0.6) is 5.75 Å². The Bertz CT molecular complexity index is 952. The van der Waals surface area contributed by atoms with Crippen LogP contribution >= 0.6 is 11.8 Å². The molecule has 2 aromatic rings. The molecule has 1 fully saturated rings. The second-order valence-electron chi connectivity index (χ2n) is 6.91. The average Bonchev–Trinajstić information content (AvgIpc) is 2.98. The van der Waals surface area contributed by atoms with E-state index in [0.29, 0.717) is 4.91 Å². The van der Waals surface area contributed by atoms with Crippen LogP contribution in [-0.2, 0) is 9.59 Å². The van der Waals surface area contributed by atoms with Gasteiger partial charge in [-0.2, -0.15) is 0 Å². The van der Waals surface area contributed by atoms with Crippen LogP contribution in [0.1, 0.15) is 23.1 Å². The molecule has 1 N–H and O–H groups in total. The Hall–Kier alpha value is -3.06. The third kappa shape index (κ3) is 5.51. The van der Waals surface area contributed by atoms with Crippen LogP contribution < -0.4 is 10.1 Å². The van der Waals surface area contributed by atoms with Crippen molar-refractivity contribution >= 4 is 34.9 Å². The molecule has 3 amide bonds. The number of thioether (sulfide) groups is 1. The van der Waals surface area contributed by atoms with Gasteiger partial charge >= 0.3 is 0 Å². The van der Waals surface area contributed by atoms with Crippen molar-refractivity contribution in [2.75, 3.05) is 19.7 Å². The summed E-state index contributed by atoms with van der Waals surface area (Å²) in [6.07, 6.45) is 1.90. The lowest BCUT2D eigenvalue weighted by atomic mass is 10.1. The third-order valence-corrected chi connectivity index (χ3v) is 5.52. The fourth-order valence-electron chi connectivity index (χ4n) is 3.06. The summed E-state index contributed by atoms with van der Waals surface area (Å²) in [4.78, 5) is 38.2. The van der Waals surface area contributed by atoms with Gasteiger partial charge in [0.15, 0.2) is 0 Å². The number of hydrogen-bond acceptors (Lipinski definition) is 5. The smallest absolute Gasteiger partial charge is 0.293 e. The van der Waals surface area contributed by atoms with Gasteiger partial charge in [0.25, 0.3) is 11.1 Å². The second kappa shape index (κ2) is 10.1. The van der Waals surface area contributed by atoms with E-state index in [4.69, 9.17) is 4.74 Å². The Balaban J connectivity index is 1.43. The van der Waals surface area contributed by atoms with Crippen molar-refractivity contribution in [3.8, 4) is 5.75 Å². The molecule has 1 saturated heterocycles. The van der Waals surface area contributed by atoms with Crippen LogP contribution in [-0.4, -0.2) is 41.6 Å². The van der Waals surface area contributed by atoms with E-state index < -0.39 is 0 Å². The Morgan fingerprint density at radius 1 is 1.07 bits per heavy atom.